The summed E-state index contributed by atoms with van der Waals surface area (Å²) in [7, 11) is 0. The van der Waals surface area contributed by atoms with Gasteiger partial charge in [0.2, 0.25) is 0 Å². The molecule has 0 aromatic heterocycles. The van der Waals surface area contributed by atoms with Crippen molar-refractivity contribution in [3.05, 3.63) is 83.9 Å². The van der Waals surface area contributed by atoms with E-state index in [9.17, 15) is 0 Å². The fraction of sp³-hybridized carbons (Fsp3) is 0.190. The lowest BCUT2D eigenvalue weighted by atomic mass is 10.0. The topological polar surface area (TPSA) is 12.4 Å². The second kappa shape index (κ2) is 8.14. The number of hydrogen-bond acceptors (Lipinski definition) is 1. The van der Waals surface area contributed by atoms with Crippen LogP contribution in [0.25, 0.3) is 10.8 Å². The number of benzene rings is 3. The van der Waals surface area contributed by atoms with Crippen molar-refractivity contribution in [2.45, 2.75) is 27.3 Å². The second-order valence-corrected chi connectivity index (χ2v) is 4.95. The quantitative estimate of drug-likeness (QED) is 0.534. The van der Waals surface area contributed by atoms with Crippen molar-refractivity contribution in [3.8, 4) is 0 Å². The van der Waals surface area contributed by atoms with Gasteiger partial charge in [-0.25, -0.2) is 0 Å². The van der Waals surface area contributed by atoms with Crippen molar-refractivity contribution in [1.82, 2.24) is 0 Å². The third-order valence-electron chi connectivity index (χ3n) is 3.51. The zero-order chi connectivity index (χ0) is 15.8. The molecule has 3 rings (SSSR count). The third kappa shape index (κ3) is 4.05. The summed E-state index contributed by atoms with van der Waals surface area (Å²) in [4.78, 5) is 4.69. The molecule has 0 saturated carbocycles. The Kier molecular flexibility index (Phi) is 5.91. The van der Waals surface area contributed by atoms with Crippen LogP contribution in [0.4, 0.5) is 0 Å². The highest BCUT2D eigenvalue weighted by atomic mass is 14.7. The van der Waals surface area contributed by atoms with Gasteiger partial charge in [-0.3, -0.25) is 4.99 Å². The minimum absolute atomic E-state index is 0.736. The van der Waals surface area contributed by atoms with Gasteiger partial charge in [0.25, 0.3) is 0 Å². The standard InChI is InChI=1S/C19H17N.C2H6/c1-15(20-14-16-7-3-2-4-8-16)18-12-11-17-9-5-6-10-19(17)13-18;1-2/h2-13H,14H2,1H3;1-2H3. The average Bonchev–Trinajstić information content (AvgIpc) is 2.62. The van der Waals surface area contributed by atoms with Crippen molar-refractivity contribution >= 4 is 16.5 Å². The number of aliphatic imine (C=N–C) groups is 1. The summed E-state index contributed by atoms with van der Waals surface area (Å²) in [5.41, 5.74) is 3.52. The van der Waals surface area contributed by atoms with Gasteiger partial charge in [0.1, 0.15) is 0 Å². The highest BCUT2D eigenvalue weighted by Crippen LogP contribution is 2.16. The Morgan fingerprint density at radius 2 is 1.41 bits per heavy atom. The second-order valence-electron chi connectivity index (χ2n) is 4.95. The molecule has 0 bridgehead atoms. The number of hydrogen-bond donors (Lipinski definition) is 0. The van der Waals surface area contributed by atoms with Crippen LogP contribution in [0.2, 0.25) is 0 Å². The van der Waals surface area contributed by atoms with E-state index in [1.807, 2.05) is 19.9 Å². The average molecular weight is 289 g/mol. The molecule has 0 fully saturated rings. The lowest BCUT2D eigenvalue weighted by Crippen LogP contribution is -1.95. The first-order valence-electron chi connectivity index (χ1n) is 7.87. The molecule has 0 aliphatic rings. The van der Waals surface area contributed by atoms with E-state index < -0.39 is 0 Å². The summed E-state index contributed by atoms with van der Waals surface area (Å²) >= 11 is 0. The van der Waals surface area contributed by atoms with Crippen LogP contribution in [0.3, 0.4) is 0 Å². The van der Waals surface area contributed by atoms with E-state index in [2.05, 4.69) is 78.6 Å². The Bertz CT molecular complexity index is 742. The van der Waals surface area contributed by atoms with Crippen molar-refractivity contribution in [2.24, 2.45) is 4.99 Å². The van der Waals surface area contributed by atoms with Crippen molar-refractivity contribution in [1.29, 1.82) is 0 Å². The molecule has 0 amide bonds. The molecule has 0 N–H and O–H groups in total. The maximum absolute atomic E-state index is 4.69. The zero-order valence-electron chi connectivity index (χ0n) is 13.6. The normalized spacial score (nSPS) is 11.0. The number of nitrogens with zero attached hydrogens (tertiary/aromatic N) is 1. The molecular formula is C21H23N. The molecule has 0 unspecified atom stereocenters. The van der Waals surface area contributed by atoms with Gasteiger partial charge in [-0.15, -0.1) is 0 Å². The summed E-state index contributed by atoms with van der Waals surface area (Å²) in [6, 6.07) is 25.3. The molecule has 0 radical (unpaired) electrons. The smallest absolute Gasteiger partial charge is 0.0643 e. The van der Waals surface area contributed by atoms with Crippen molar-refractivity contribution in [2.75, 3.05) is 0 Å². The van der Waals surface area contributed by atoms with E-state index in [1.165, 1.54) is 21.9 Å². The van der Waals surface area contributed by atoms with E-state index in [0.29, 0.717) is 0 Å². The molecule has 0 aliphatic carbocycles. The molecule has 0 saturated heterocycles. The molecule has 0 heterocycles. The van der Waals surface area contributed by atoms with Gasteiger partial charge >= 0.3 is 0 Å². The first-order valence-corrected chi connectivity index (χ1v) is 7.87. The third-order valence-corrected chi connectivity index (χ3v) is 3.51. The minimum atomic E-state index is 0.736. The first-order chi connectivity index (χ1) is 10.8. The fourth-order valence-electron chi connectivity index (χ4n) is 2.30. The summed E-state index contributed by atoms with van der Waals surface area (Å²) < 4.78 is 0. The Labute approximate surface area is 133 Å². The lowest BCUT2D eigenvalue weighted by Gasteiger charge is -2.04. The Morgan fingerprint density at radius 3 is 2.14 bits per heavy atom. The predicted octanol–water partition coefficient (Wildman–Crippen LogP) is 5.88. The van der Waals surface area contributed by atoms with Crippen LogP contribution in [-0.4, -0.2) is 5.71 Å². The molecule has 1 heteroatoms. The predicted molar refractivity (Wildman–Crippen MR) is 97.7 cm³/mol. The van der Waals surface area contributed by atoms with Gasteiger partial charge in [-0.1, -0.05) is 80.6 Å². The number of rotatable bonds is 3. The highest BCUT2D eigenvalue weighted by molar-refractivity contribution is 6.01. The summed E-state index contributed by atoms with van der Waals surface area (Å²) in [6.07, 6.45) is 0. The molecule has 0 atom stereocenters. The Balaban J connectivity index is 0.000000847. The molecule has 1 nitrogen and oxygen atoms in total. The van der Waals surface area contributed by atoms with Gasteiger partial charge < -0.3 is 0 Å². The van der Waals surface area contributed by atoms with Crippen molar-refractivity contribution in [3.63, 3.8) is 0 Å². The summed E-state index contributed by atoms with van der Waals surface area (Å²) in [5.74, 6) is 0. The molecule has 22 heavy (non-hydrogen) atoms. The Hall–Kier alpha value is -2.41. The highest BCUT2D eigenvalue weighted by Gasteiger charge is 1.99. The van der Waals surface area contributed by atoms with Gasteiger partial charge in [0, 0.05) is 5.71 Å². The SMILES string of the molecule is CC.CC(=NCc1ccccc1)c1ccc2ccccc2c1. The lowest BCUT2D eigenvalue weighted by molar-refractivity contribution is 1.07. The largest absolute Gasteiger partial charge is 0.285 e. The summed E-state index contributed by atoms with van der Waals surface area (Å²) in [6.45, 7) is 6.81. The molecule has 0 spiro atoms. The zero-order valence-corrected chi connectivity index (χ0v) is 13.6. The molecule has 112 valence electrons. The van der Waals surface area contributed by atoms with Gasteiger partial charge in [-0.05, 0) is 34.9 Å². The van der Waals surface area contributed by atoms with Crippen LogP contribution in [-0.2, 0) is 6.54 Å². The maximum Gasteiger partial charge on any atom is 0.0643 e. The molecule has 3 aromatic carbocycles. The van der Waals surface area contributed by atoms with Gasteiger partial charge in [0.15, 0.2) is 0 Å². The minimum Gasteiger partial charge on any atom is -0.285 e. The van der Waals surface area contributed by atoms with E-state index in [4.69, 9.17) is 0 Å². The molecule has 3 aromatic rings. The van der Waals surface area contributed by atoms with Crippen LogP contribution in [0.15, 0.2) is 77.8 Å². The van der Waals surface area contributed by atoms with Crippen LogP contribution >= 0.6 is 0 Å². The molecular weight excluding hydrogens is 266 g/mol. The van der Waals surface area contributed by atoms with E-state index in [-0.39, 0.29) is 0 Å². The number of fused-ring (bicyclic) bond motifs is 1. The maximum atomic E-state index is 4.69. The van der Waals surface area contributed by atoms with Crippen molar-refractivity contribution < 1.29 is 0 Å². The van der Waals surface area contributed by atoms with Crippen LogP contribution in [0.5, 0.6) is 0 Å². The van der Waals surface area contributed by atoms with E-state index in [0.717, 1.165) is 12.3 Å². The van der Waals surface area contributed by atoms with Gasteiger partial charge in [0.05, 0.1) is 6.54 Å². The van der Waals surface area contributed by atoms with Crippen LogP contribution in [0.1, 0.15) is 31.9 Å². The van der Waals surface area contributed by atoms with Gasteiger partial charge in [-0.2, -0.15) is 0 Å². The summed E-state index contributed by atoms with van der Waals surface area (Å²) in [5, 5.41) is 2.53. The van der Waals surface area contributed by atoms with E-state index >= 15 is 0 Å². The first kappa shape index (κ1) is 16.0. The van der Waals surface area contributed by atoms with Crippen LogP contribution in [0, 0.1) is 0 Å². The fourth-order valence-corrected chi connectivity index (χ4v) is 2.30. The van der Waals surface area contributed by atoms with E-state index in [1.54, 1.807) is 0 Å². The Morgan fingerprint density at radius 1 is 0.773 bits per heavy atom. The molecule has 0 aliphatic heterocycles. The van der Waals surface area contributed by atoms with Crippen LogP contribution < -0.4 is 0 Å². The monoisotopic (exact) mass is 289 g/mol.